The third-order valence-electron chi connectivity index (χ3n) is 2.10. The van der Waals surface area contributed by atoms with Gasteiger partial charge in [-0.3, -0.25) is 0 Å². The Kier molecular flexibility index (Phi) is 2.46. The second kappa shape index (κ2) is 3.61. The van der Waals surface area contributed by atoms with Crippen molar-refractivity contribution in [3.05, 3.63) is 40.3 Å². The van der Waals surface area contributed by atoms with E-state index in [4.69, 9.17) is 0 Å². The maximum absolute atomic E-state index is 12.9. The minimum absolute atomic E-state index is 0.700. The zero-order valence-electron chi connectivity index (χ0n) is 7.60. The van der Waals surface area contributed by atoms with Gasteiger partial charge in [-0.05, 0) is 25.1 Å². The van der Waals surface area contributed by atoms with Crippen LogP contribution in [0.15, 0.2) is 23.1 Å². The summed E-state index contributed by atoms with van der Waals surface area (Å²) in [6.45, 7) is 1.96. The molecule has 0 aromatic heterocycles. The van der Waals surface area contributed by atoms with Gasteiger partial charge < -0.3 is 5.32 Å². The molecule has 4 heteroatoms. The van der Waals surface area contributed by atoms with Gasteiger partial charge >= 0.3 is 0 Å². The molecule has 1 N–H and O–H groups in total. The predicted molar refractivity (Wildman–Crippen MR) is 54.5 cm³/mol. The first kappa shape index (κ1) is 9.52. The van der Waals surface area contributed by atoms with E-state index in [0.717, 1.165) is 22.5 Å². The first-order chi connectivity index (χ1) is 6.68. The standard InChI is InChI=1S/C10H9F2NS/c1-6-10(13-5-14-6)7-2-3-8(11)9(12)4-7/h2-4,13H,5H2,1H3. The van der Waals surface area contributed by atoms with Crippen LogP contribution in [-0.4, -0.2) is 5.88 Å². The molecule has 0 aliphatic carbocycles. The van der Waals surface area contributed by atoms with Crippen molar-refractivity contribution in [3.63, 3.8) is 0 Å². The molecule has 0 radical (unpaired) electrons. The number of hydrogen-bond acceptors (Lipinski definition) is 2. The van der Waals surface area contributed by atoms with Gasteiger partial charge in [0.1, 0.15) is 0 Å². The van der Waals surface area contributed by atoms with Gasteiger partial charge in [0.25, 0.3) is 0 Å². The molecule has 0 amide bonds. The van der Waals surface area contributed by atoms with Crippen LogP contribution in [0.5, 0.6) is 0 Å². The molecule has 1 aliphatic heterocycles. The van der Waals surface area contributed by atoms with Gasteiger partial charge in [0.15, 0.2) is 11.6 Å². The Labute approximate surface area is 85.2 Å². The van der Waals surface area contributed by atoms with Gasteiger partial charge in [-0.15, -0.1) is 11.8 Å². The van der Waals surface area contributed by atoms with Crippen molar-refractivity contribution in [2.24, 2.45) is 0 Å². The summed E-state index contributed by atoms with van der Waals surface area (Å²) < 4.78 is 25.6. The summed E-state index contributed by atoms with van der Waals surface area (Å²) in [5.41, 5.74) is 1.60. The lowest BCUT2D eigenvalue weighted by atomic mass is 10.1. The van der Waals surface area contributed by atoms with Crippen LogP contribution >= 0.6 is 11.8 Å². The summed E-state index contributed by atoms with van der Waals surface area (Å²) in [5, 5.41) is 3.12. The molecule has 14 heavy (non-hydrogen) atoms. The molecule has 1 aromatic rings. The van der Waals surface area contributed by atoms with E-state index < -0.39 is 11.6 Å². The van der Waals surface area contributed by atoms with Crippen molar-refractivity contribution in [2.45, 2.75) is 6.92 Å². The van der Waals surface area contributed by atoms with Crippen LogP contribution in [0.2, 0.25) is 0 Å². The van der Waals surface area contributed by atoms with Gasteiger partial charge in [0, 0.05) is 10.5 Å². The molecule has 1 heterocycles. The minimum Gasteiger partial charge on any atom is -0.375 e. The maximum Gasteiger partial charge on any atom is 0.159 e. The molecule has 74 valence electrons. The third kappa shape index (κ3) is 1.62. The Morgan fingerprint density at radius 2 is 2.07 bits per heavy atom. The summed E-state index contributed by atoms with van der Waals surface area (Å²) in [5.74, 6) is -0.820. The Morgan fingerprint density at radius 3 is 2.64 bits per heavy atom. The summed E-state index contributed by atoms with van der Waals surface area (Å²) in [7, 11) is 0. The van der Waals surface area contributed by atoms with Crippen LogP contribution in [0.1, 0.15) is 12.5 Å². The van der Waals surface area contributed by atoms with E-state index in [-0.39, 0.29) is 0 Å². The summed E-state index contributed by atoms with van der Waals surface area (Å²) in [6, 6.07) is 3.94. The van der Waals surface area contributed by atoms with Crippen molar-refractivity contribution in [1.82, 2.24) is 5.32 Å². The average molecular weight is 213 g/mol. The van der Waals surface area contributed by atoms with E-state index in [2.05, 4.69) is 5.32 Å². The first-order valence-electron chi connectivity index (χ1n) is 4.21. The Balaban J connectivity index is 2.42. The number of allylic oxidation sites excluding steroid dienone is 1. The van der Waals surface area contributed by atoms with Crippen molar-refractivity contribution in [1.29, 1.82) is 0 Å². The normalized spacial score (nSPS) is 15.9. The Bertz CT molecular complexity index is 401. The van der Waals surface area contributed by atoms with Crippen molar-refractivity contribution >= 4 is 17.5 Å². The highest BCUT2D eigenvalue weighted by molar-refractivity contribution is 8.03. The van der Waals surface area contributed by atoms with Gasteiger partial charge in [-0.1, -0.05) is 0 Å². The summed E-state index contributed by atoms with van der Waals surface area (Å²) in [4.78, 5) is 1.11. The lowest BCUT2D eigenvalue weighted by Gasteiger charge is -2.04. The highest BCUT2D eigenvalue weighted by atomic mass is 32.2. The largest absolute Gasteiger partial charge is 0.375 e. The number of thioether (sulfide) groups is 1. The predicted octanol–water partition coefficient (Wildman–Crippen LogP) is 2.95. The molecule has 1 nitrogen and oxygen atoms in total. The number of rotatable bonds is 1. The van der Waals surface area contributed by atoms with E-state index >= 15 is 0 Å². The molecule has 0 spiro atoms. The SMILES string of the molecule is CC1=C(c2ccc(F)c(F)c2)NCS1. The van der Waals surface area contributed by atoms with Crippen LogP contribution in [0.3, 0.4) is 0 Å². The van der Waals surface area contributed by atoms with Gasteiger partial charge in [-0.2, -0.15) is 0 Å². The molecule has 0 fully saturated rings. The molecular formula is C10H9F2NS. The first-order valence-corrected chi connectivity index (χ1v) is 5.20. The van der Waals surface area contributed by atoms with Crippen molar-refractivity contribution in [2.75, 3.05) is 5.88 Å². The van der Waals surface area contributed by atoms with Gasteiger partial charge in [0.05, 0.1) is 11.6 Å². The van der Waals surface area contributed by atoms with E-state index in [1.165, 1.54) is 6.07 Å². The average Bonchev–Trinajstić information content (AvgIpc) is 2.57. The fourth-order valence-electron chi connectivity index (χ4n) is 1.37. The van der Waals surface area contributed by atoms with Gasteiger partial charge in [-0.25, -0.2) is 8.78 Å². The highest BCUT2D eigenvalue weighted by Gasteiger charge is 2.13. The Morgan fingerprint density at radius 1 is 1.29 bits per heavy atom. The zero-order valence-corrected chi connectivity index (χ0v) is 8.42. The molecule has 0 unspecified atom stereocenters. The third-order valence-corrected chi connectivity index (χ3v) is 3.02. The Hall–Kier alpha value is -1.03. The monoisotopic (exact) mass is 213 g/mol. The topological polar surface area (TPSA) is 12.0 Å². The van der Waals surface area contributed by atoms with E-state index in [0.29, 0.717) is 5.56 Å². The zero-order chi connectivity index (χ0) is 10.1. The lowest BCUT2D eigenvalue weighted by Crippen LogP contribution is -2.05. The second-order valence-corrected chi connectivity index (χ2v) is 4.22. The fourth-order valence-corrected chi connectivity index (χ4v) is 2.14. The number of halogens is 2. The number of hydrogen-bond donors (Lipinski definition) is 1. The van der Waals surface area contributed by atoms with Crippen LogP contribution < -0.4 is 5.32 Å². The molecule has 0 saturated heterocycles. The van der Waals surface area contributed by atoms with Crippen LogP contribution in [0.4, 0.5) is 8.78 Å². The summed E-state index contributed by atoms with van der Waals surface area (Å²) >= 11 is 1.66. The van der Waals surface area contributed by atoms with Crippen LogP contribution in [0.25, 0.3) is 5.70 Å². The second-order valence-electron chi connectivity index (χ2n) is 3.03. The molecule has 2 rings (SSSR count). The summed E-state index contributed by atoms with van der Waals surface area (Å²) in [6.07, 6.45) is 0. The van der Waals surface area contributed by atoms with E-state index in [1.54, 1.807) is 17.8 Å². The molecule has 1 aromatic carbocycles. The number of nitrogens with one attached hydrogen (secondary N) is 1. The molecular weight excluding hydrogens is 204 g/mol. The van der Waals surface area contributed by atoms with Crippen LogP contribution in [0, 0.1) is 11.6 Å². The van der Waals surface area contributed by atoms with Gasteiger partial charge in [0.2, 0.25) is 0 Å². The van der Waals surface area contributed by atoms with E-state index in [9.17, 15) is 8.78 Å². The lowest BCUT2D eigenvalue weighted by molar-refractivity contribution is 0.508. The molecule has 0 bridgehead atoms. The fraction of sp³-hybridized carbons (Fsp3) is 0.200. The molecule has 0 atom stereocenters. The highest BCUT2D eigenvalue weighted by Crippen LogP contribution is 2.30. The maximum atomic E-state index is 12.9. The number of benzene rings is 1. The quantitative estimate of drug-likeness (QED) is 0.769. The molecule has 1 aliphatic rings. The van der Waals surface area contributed by atoms with E-state index in [1.807, 2.05) is 6.92 Å². The smallest absolute Gasteiger partial charge is 0.159 e. The minimum atomic E-state index is -0.808. The molecule has 0 saturated carbocycles. The van der Waals surface area contributed by atoms with Crippen molar-refractivity contribution in [3.8, 4) is 0 Å². The van der Waals surface area contributed by atoms with Crippen LogP contribution in [-0.2, 0) is 0 Å². The van der Waals surface area contributed by atoms with Crippen molar-refractivity contribution < 1.29 is 8.78 Å².